The lowest BCUT2D eigenvalue weighted by Crippen LogP contribution is -2.50. The minimum Gasteiger partial charge on any atom is -0.447 e. The summed E-state index contributed by atoms with van der Waals surface area (Å²) < 4.78 is 10.9. The van der Waals surface area contributed by atoms with Gasteiger partial charge in [-0.1, -0.05) is 35.4 Å². The van der Waals surface area contributed by atoms with Crippen LogP contribution in [0.2, 0.25) is 5.02 Å². The predicted octanol–water partition coefficient (Wildman–Crippen LogP) is 6.08. The van der Waals surface area contributed by atoms with Gasteiger partial charge in [-0.25, -0.2) is 9.59 Å². The summed E-state index contributed by atoms with van der Waals surface area (Å²) >= 11 is 6.59. The molecule has 2 aliphatic carbocycles. The summed E-state index contributed by atoms with van der Waals surface area (Å²) in [6.07, 6.45) is 13.1. The molecule has 10 heteroatoms. The van der Waals surface area contributed by atoms with Crippen molar-refractivity contribution < 1.29 is 19.1 Å². The molecular formula is C32H44ClN5O4. The van der Waals surface area contributed by atoms with Crippen molar-refractivity contribution in [2.75, 3.05) is 33.2 Å². The second kappa shape index (κ2) is 15.3. The number of hydrogen-bond donors (Lipinski definition) is 2. The maximum atomic E-state index is 12.6. The molecule has 0 spiro atoms. The van der Waals surface area contributed by atoms with Crippen LogP contribution < -0.4 is 10.6 Å². The fraction of sp³-hybridized carbons (Fsp3) is 0.531. The number of aliphatic imine (C=N–C) groups is 1. The number of piperazine rings is 1. The van der Waals surface area contributed by atoms with Gasteiger partial charge in [-0.05, 0) is 94.0 Å². The standard InChI is InChI=1S/C32H44ClN5O4/c1-5-23-6-7-24(19-26(12-13-35-21-34-4)36-31(39)42-27-9-10-27)29-20-25(33)8-11-28(29)30(18-23)37-14-16-38(17-15-37)32(40)41-22(2)3/h5,7-8,11-13,20-22,26-27,30H,6,9-10,14-19H2,1-4H3,(H,34,35)(H,36,39)/b13-12+,23-5-,24-7-. The van der Waals surface area contributed by atoms with Crippen LogP contribution in [0.3, 0.4) is 0 Å². The van der Waals surface area contributed by atoms with Gasteiger partial charge in [0, 0.05) is 44.3 Å². The van der Waals surface area contributed by atoms with Crippen molar-refractivity contribution in [3.05, 3.63) is 64.3 Å². The van der Waals surface area contributed by atoms with E-state index in [0.29, 0.717) is 24.5 Å². The van der Waals surface area contributed by atoms with Crippen molar-refractivity contribution in [2.45, 2.75) is 77.2 Å². The first-order valence-electron chi connectivity index (χ1n) is 14.9. The van der Waals surface area contributed by atoms with Crippen molar-refractivity contribution in [2.24, 2.45) is 4.99 Å². The third kappa shape index (κ3) is 9.10. The van der Waals surface area contributed by atoms with Crippen LogP contribution in [0, 0.1) is 0 Å². The molecule has 4 rings (SSSR count). The van der Waals surface area contributed by atoms with Crippen molar-refractivity contribution >= 4 is 35.7 Å². The number of benzene rings is 1. The van der Waals surface area contributed by atoms with Crippen LogP contribution in [-0.2, 0) is 9.47 Å². The molecule has 2 fully saturated rings. The highest BCUT2D eigenvalue weighted by Gasteiger charge is 2.32. The minimum absolute atomic E-state index is 0.0193. The molecule has 1 aromatic carbocycles. The number of nitrogens with zero attached hydrogens (tertiary/aromatic N) is 3. The Bertz CT molecular complexity index is 1220. The normalized spacial score (nSPS) is 22.8. The van der Waals surface area contributed by atoms with Gasteiger partial charge in [0.1, 0.15) is 6.10 Å². The van der Waals surface area contributed by atoms with Gasteiger partial charge >= 0.3 is 12.2 Å². The van der Waals surface area contributed by atoms with Crippen molar-refractivity contribution in [3.8, 4) is 0 Å². The van der Waals surface area contributed by atoms with Gasteiger partial charge in [0.05, 0.1) is 18.5 Å². The van der Waals surface area contributed by atoms with Crippen LogP contribution >= 0.6 is 11.6 Å². The van der Waals surface area contributed by atoms with Crippen LogP contribution in [0.5, 0.6) is 0 Å². The molecule has 2 unspecified atom stereocenters. The number of fused-ring (bicyclic) bond motifs is 1. The van der Waals surface area contributed by atoms with E-state index in [-0.39, 0.29) is 30.4 Å². The highest BCUT2D eigenvalue weighted by Crippen LogP contribution is 2.40. The lowest BCUT2D eigenvalue weighted by molar-refractivity contribution is 0.0476. The van der Waals surface area contributed by atoms with E-state index in [9.17, 15) is 9.59 Å². The molecule has 0 aromatic heterocycles. The number of halogens is 1. The van der Waals surface area contributed by atoms with Crippen LogP contribution in [0.25, 0.3) is 5.57 Å². The zero-order valence-corrected chi connectivity index (χ0v) is 25.9. The first-order valence-corrected chi connectivity index (χ1v) is 15.3. The Morgan fingerprint density at radius 1 is 1.19 bits per heavy atom. The number of carbonyl (C=O) groups excluding carboxylic acids is 2. The third-order valence-electron chi connectivity index (χ3n) is 7.71. The molecule has 1 aliphatic heterocycles. The Morgan fingerprint density at radius 2 is 1.95 bits per heavy atom. The Balaban J connectivity index is 1.60. The minimum atomic E-state index is -0.407. The quantitative estimate of drug-likeness (QED) is 0.204. The molecular weight excluding hydrogens is 554 g/mol. The zero-order valence-electron chi connectivity index (χ0n) is 25.1. The van der Waals surface area contributed by atoms with Gasteiger partial charge in [0.2, 0.25) is 0 Å². The largest absolute Gasteiger partial charge is 0.447 e. The topological polar surface area (TPSA) is 95.5 Å². The molecule has 228 valence electrons. The van der Waals surface area contributed by atoms with Crippen LogP contribution in [0.1, 0.15) is 70.0 Å². The second-order valence-electron chi connectivity index (χ2n) is 11.3. The fourth-order valence-electron chi connectivity index (χ4n) is 5.37. The SMILES string of the molecule is C/C=C1/C/C=C(/CC(/C=C/NC=NC)NC(=O)OC2CC2)c2cc(Cl)ccc2C(N2CCN(C(=O)OC(C)C)CC2)C1. The van der Waals surface area contributed by atoms with Gasteiger partial charge in [0.15, 0.2) is 0 Å². The van der Waals surface area contributed by atoms with E-state index in [1.54, 1.807) is 24.5 Å². The highest BCUT2D eigenvalue weighted by molar-refractivity contribution is 6.30. The second-order valence-corrected chi connectivity index (χ2v) is 11.7. The van der Waals surface area contributed by atoms with E-state index in [1.165, 1.54) is 11.1 Å². The number of alkyl carbamates (subject to hydrolysis) is 1. The Morgan fingerprint density at radius 3 is 2.62 bits per heavy atom. The third-order valence-corrected chi connectivity index (χ3v) is 7.95. The molecule has 1 aromatic rings. The van der Waals surface area contributed by atoms with E-state index >= 15 is 0 Å². The smallest absolute Gasteiger partial charge is 0.410 e. The summed E-state index contributed by atoms with van der Waals surface area (Å²) in [6.45, 7) is 8.57. The zero-order chi connectivity index (χ0) is 30.1. The monoisotopic (exact) mass is 597 g/mol. The van der Waals surface area contributed by atoms with Crippen LogP contribution in [0.15, 0.2) is 53.2 Å². The molecule has 9 nitrogen and oxygen atoms in total. The average Bonchev–Trinajstić information content (AvgIpc) is 3.77. The lowest BCUT2D eigenvalue weighted by Gasteiger charge is -2.41. The summed E-state index contributed by atoms with van der Waals surface area (Å²) in [7, 11) is 1.69. The number of allylic oxidation sites excluding steroid dienone is 2. The van der Waals surface area contributed by atoms with Crippen molar-refractivity contribution in [1.82, 2.24) is 20.4 Å². The molecule has 2 amide bonds. The van der Waals surface area contributed by atoms with Gasteiger partial charge in [-0.15, -0.1) is 0 Å². The summed E-state index contributed by atoms with van der Waals surface area (Å²) in [5.41, 5.74) is 4.74. The molecule has 1 saturated heterocycles. The van der Waals surface area contributed by atoms with E-state index in [4.69, 9.17) is 21.1 Å². The summed E-state index contributed by atoms with van der Waals surface area (Å²) in [5.74, 6) is 0. The number of carbonyl (C=O) groups is 2. The maximum absolute atomic E-state index is 12.6. The molecule has 2 atom stereocenters. The van der Waals surface area contributed by atoms with E-state index in [1.807, 2.05) is 32.1 Å². The highest BCUT2D eigenvalue weighted by atomic mass is 35.5. The fourth-order valence-corrected chi connectivity index (χ4v) is 5.54. The summed E-state index contributed by atoms with van der Waals surface area (Å²) in [4.78, 5) is 33.4. The molecule has 0 radical (unpaired) electrons. The molecule has 0 bridgehead atoms. The maximum Gasteiger partial charge on any atom is 0.410 e. The molecule has 1 heterocycles. The Hall–Kier alpha value is -3.30. The van der Waals surface area contributed by atoms with Gasteiger partial charge < -0.3 is 25.0 Å². The summed E-state index contributed by atoms with van der Waals surface area (Å²) in [5, 5.41) is 6.72. The Labute approximate surface area is 254 Å². The molecule has 2 N–H and O–H groups in total. The first-order chi connectivity index (χ1) is 20.3. The number of ether oxygens (including phenoxy) is 2. The number of rotatable bonds is 9. The van der Waals surface area contributed by atoms with Crippen molar-refractivity contribution in [3.63, 3.8) is 0 Å². The summed E-state index contributed by atoms with van der Waals surface area (Å²) in [6, 6.07) is 5.94. The van der Waals surface area contributed by atoms with Gasteiger partial charge in [-0.3, -0.25) is 9.89 Å². The van der Waals surface area contributed by atoms with Crippen LogP contribution in [-0.4, -0.2) is 79.8 Å². The molecule has 42 heavy (non-hydrogen) atoms. The number of amides is 2. The Kier molecular flexibility index (Phi) is 11.5. The number of hydrogen-bond acceptors (Lipinski definition) is 6. The predicted molar refractivity (Wildman–Crippen MR) is 168 cm³/mol. The van der Waals surface area contributed by atoms with E-state index in [0.717, 1.165) is 49.9 Å². The average molecular weight is 598 g/mol. The molecule has 1 saturated carbocycles. The van der Waals surface area contributed by atoms with Crippen LogP contribution in [0.4, 0.5) is 9.59 Å². The van der Waals surface area contributed by atoms with Crippen molar-refractivity contribution in [1.29, 1.82) is 0 Å². The lowest BCUT2D eigenvalue weighted by atomic mass is 9.83. The van der Waals surface area contributed by atoms with Gasteiger partial charge in [-0.2, -0.15) is 0 Å². The number of nitrogens with one attached hydrogen (secondary N) is 2. The van der Waals surface area contributed by atoms with E-state index < -0.39 is 6.09 Å². The van der Waals surface area contributed by atoms with Gasteiger partial charge in [0.25, 0.3) is 0 Å². The molecule has 3 aliphatic rings. The van der Waals surface area contributed by atoms with E-state index in [2.05, 4.69) is 45.7 Å². The first kappa shape index (κ1) is 31.6.